The summed E-state index contributed by atoms with van der Waals surface area (Å²) in [6, 6.07) is 7.07. The average molecular weight is 413 g/mol. The first-order chi connectivity index (χ1) is 11.1. The monoisotopic (exact) mass is 411 g/mol. The maximum atomic E-state index is 12.5. The summed E-state index contributed by atoms with van der Waals surface area (Å²) in [5, 5.41) is 0.876. The van der Waals surface area contributed by atoms with Gasteiger partial charge in [0.15, 0.2) is 15.0 Å². The van der Waals surface area contributed by atoms with Crippen molar-refractivity contribution in [2.75, 3.05) is 6.54 Å². The van der Waals surface area contributed by atoms with Crippen molar-refractivity contribution in [1.29, 1.82) is 0 Å². The third-order valence-corrected chi connectivity index (χ3v) is 4.75. The number of aliphatic imine (C=N–C) groups is 1. The van der Waals surface area contributed by atoms with E-state index in [0.29, 0.717) is 37.9 Å². The van der Waals surface area contributed by atoms with Crippen molar-refractivity contribution in [2.45, 2.75) is 6.92 Å². The number of hydrogen-bond donors (Lipinski definition) is 0. The van der Waals surface area contributed by atoms with Crippen molar-refractivity contribution in [3.8, 4) is 0 Å². The molecule has 0 aliphatic carbocycles. The normalized spacial score (nSPS) is 18.4. The largest absolute Gasteiger partial charge is 0.450 e. The minimum absolute atomic E-state index is 0.108. The zero-order valence-electron chi connectivity index (χ0n) is 12.0. The highest BCUT2D eigenvalue weighted by atomic mass is 79.9. The number of halogens is 2. The number of carbonyl (C=O) groups is 1. The van der Waals surface area contributed by atoms with Crippen LogP contribution in [0.1, 0.15) is 12.7 Å². The summed E-state index contributed by atoms with van der Waals surface area (Å²) in [7, 11) is 0. The Balaban J connectivity index is 1.95. The molecule has 0 unspecified atom stereocenters. The number of thioether (sulfide) groups is 1. The van der Waals surface area contributed by atoms with Gasteiger partial charge in [-0.25, -0.2) is 9.98 Å². The third-order valence-electron chi connectivity index (χ3n) is 3.03. The molecule has 0 spiro atoms. The van der Waals surface area contributed by atoms with Gasteiger partial charge in [-0.05, 0) is 58.9 Å². The molecule has 0 aromatic carbocycles. The molecular formula is C15H11BrClN3O2S. The number of aromatic nitrogens is 1. The maximum absolute atomic E-state index is 12.5. The van der Waals surface area contributed by atoms with Gasteiger partial charge in [0.05, 0.1) is 4.91 Å². The second-order valence-corrected chi connectivity index (χ2v) is 6.66. The summed E-state index contributed by atoms with van der Waals surface area (Å²) in [5.41, 5.74) is 0.532. The second kappa shape index (κ2) is 6.90. The average Bonchev–Trinajstić information content (AvgIpc) is 3.06. The lowest BCUT2D eigenvalue weighted by Crippen LogP contribution is -2.28. The van der Waals surface area contributed by atoms with Gasteiger partial charge in [0, 0.05) is 18.8 Å². The summed E-state index contributed by atoms with van der Waals surface area (Å²) in [5.74, 6) is 0.494. The van der Waals surface area contributed by atoms with E-state index in [4.69, 9.17) is 16.0 Å². The van der Waals surface area contributed by atoms with Crippen LogP contribution in [0.2, 0.25) is 5.15 Å². The molecule has 0 atom stereocenters. The lowest BCUT2D eigenvalue weighted by molar-refractivity contribution is -0.122. The molecule has 1 saturated heterocycles. The predicted octanol–water partition coefficient (Wildman–Crippen LogP) is 4.71. The number of carbonyl (C=O) groups excluding carboxylic acids is 1. The van der Waals surface area contributed by atoms with Crippen LogP contribution in [0.15, 0.2) is 49.4 Å². The van der Waals surface area contributed by atoms with E-state index in [1.165, 1.54) is 11.8 Å². The maximum Gasteiger partial charge on any atom is 0.266 e. The van der Waals surface area contributed by atoms with Crippen LogP contribution in [0.3, 0.4) is 0 Å². The molecule has 0 bridgehead atoms. The van der Waals surface area contributed by atoms with Gasteiger partial charge < -0.3 is 4.42 Å². The highest BCUT2D eigenvalue weighted by Crippen LogP contribution is 2.35. The Hall–Kier alpha value is -1.57. The molecule has 0 N–H and O–H groups in total. The van der Waals surface area contributed by atoms with E-state index in [0.717, 1.165) is 0 Å². The minimum Gasteiger partial charge on any atom is -0.450 e. The first-order valence-electron chi connectivity index (χ1n) is 6.74. The molecule has 2 aromatic heterocycles. The fourth-order valence-electron chi connectivity index (χ4n) is 1.97. The Morgan fingerprint density at radius 2 is 2.30 bits per heavy atom. The molecule has 1 fully saturated rings. The quantitative estimate of drug-likeness (QED) is 0.541. The van der Waals surface area contributed by atoms with Crippen LogP contribution in [0.5, 0.6) is 0 Å². The molecule has 1 aliphatic heterocycles. The van der Waals surface area contributed by atoms with Gasteiger partial charge in [-0.3, -0.25) is 9.69 Å². The number of rotatable bonds is 3. The van der Waals surface area contributed by atoms with Crippen molar-refractivity contribution in [3.05, 3.63) is 51.0 Å². The molecule has 118 valence electrons. The molecule has 5 nitrogen and oxygen atoms in total. The zero-order valence-corrected chi connectivity index (χ0v) is 15.2. The zero-order chi connectivity index (χ0) is 16.4. The van der Waals surface area contributed by atoms with E-state index in [2.05, 4.69) is 25.9 Å². The van der Waals surface area contributed by atoms with E-state index < -0.39 is 0 Å². The van der Waals surface area contributed by atoms with Crippen LogP contribution in [0.4, 0.5) is 5.69 Å². The van der Waals surface area contributed by atoms with Crippen LogP contribution >= 0.6 is 39.3 Å². The van der Waals surface area contributed by atoms with Gasteiger partial charge in [0.2, 0.25) is 0 Å². The standard InChI is InChI=1S/C15H11BrClN3O2S/c1-2-20-14(21)11(8-9-5-6-12(16)22-9)23-15(20)19-10-4-3-7-18-13(10)17/h3-8H,2H2,1H3/b11-8+,19-15?. The van der Waals surface area contributed by atoms with Crippen LogP contribution in [-0.4, -0.2) is 27.5 Å². The van der Waals surface area contributed by atoms with Crippen molar-refractivity contribution in [2.24, 2.45) is 4.99 Å². The topological polar surface area (TPSA) is 58.7 Å². The fraction of sp³-hybridized carbons (Fsp3) is 0.133. The molecule has 3 heterocycles. The van der Waals surface area contributed by atoms with Crippen molar-refractivity contribution < 1.29 is 9.21 Å². The van der Waals surface area contributed by atoms with Gasteiger partial charge in [-0.2, -0.15) is 0 Å². The van der Waals surface area contributed by atoms with Gasteiger partial charge in [-0.1, -0.05) is 11.6 Å². The van der Waals surface area contributed by atoms with E-state index in [-0.39, 0.29) is 5.91 Å². The number of pyridine rings is 1. The van der Waals surface area contributed by atoms with Crippen LogP contribution in [-0.2, 0) is 4.79 Å². The van der Waals surface area contributed by atoms with Crippen LogP contribution < -0.4 is 0 Å². The molecule has 1 amide bonds. The summed E-state index contributed by atoms with van der Waals surface area (Å²) < 4.78 is 6.03. The first kappa shape index (κ1) is 16.3. The highest BCUT2D eigenvalue weighted by Gasteiger charge is 2.32. The lowest BCUT2D eigenvalue weighted by Gasteiger charge is -2.12. The Labute approximate surface area is 150 Å². The summed E-state index contributed by atoms with van der Waals surface area (Å²) in [4.78, 5) is 23.1. The molecule has 2 aromatic rings. The Morgan fingerprint density at radius 3 is 2.96 bits per heavy atom. The Morgan fingerprint density at radius 1 is 1.48 bits per heavy atom. The SMILES string of the molecule is CCN1C(=O)/C(=C\c2ccc(Br)o2)SC1=Nc1cccnc1Cl. The van der Waals surface area contributed by atoms with Gasteiger partial charge >= 0.3 is 0 Å². The first-order valence-corrected chi connectivity index (χ1v) is 8.73. The summed E-state index contributed by atoms with van der Waals surface area (Å²) >= 11 is 10.6. The molecule has 0 radical (unpaired) electrons. The van der Waals surface area contributed by atoms with Crippen molar-refractivity contribution in [1.82, 2.24) is 9.88 Å². The molecular weight excluding hydrogens is 402 g/mol. The van der Waals surface area contributed by atoms with Crippen LogP contribution in [0, 0.1) is 0 Å². The summed E-state index contributed by atoms with van der Waals surface area (Å²) in [6.45, 7) is 2.41. The van der Waals surface area contributed by atoms with E-state index in [1.54, 1.807) is 41.4 Å². The number of amidine groups is 1. The van der Waals surface area contributed by atoms with Gasteiger partial charge in [0.1, 0.15) is 11.4 Å². The molecule has 1 aliphatic rings. The molecule has 0 saturated carbocycles. The summed E-state index contributed by atoms with van der Waals surface area (Å²) in [6.07, 6.45) is 3.30. The Bertz CT molecular complexity index is 819. The second-order valence-electron chi connectivity index (χ2n) is 4.51. The number of amides is 1. The molecule has 8 heteroatoms. The third kappa shape index (κ3) is 3.52. The predicted molar refractivity (Wildman–Crippen MR) is 95.7 cm³/mol. The van der Waals surface area contributed by atoms with E-state index in [9.17, 15) is 4.79 Å². The van der Waals surface area contributed by atoms with Gasteiger partial charge in [0.25, 0.3) is 5.91 Å². The lowest BCUT2D eigenvalue weighted by atomic mass is 10.3. The molecule has 23 heavy (non-hydrogen) atoms. The number of nitrogens with zero attached hydrogens (tertiary/aromatic N) is 3. The molecule has 3 rings (SSSR count). The van der Waals surface area contributed by atoms with E-state index >= 15 is 0 Å². The van der Waals surface area contributed by atoms with Crippen molar-refractivity contribution >= 4 is 62.1 Å². The fourth-order valence-corrected chi connectivity index (χ4v) is 3.49. The highest BCUT2D eigenvalue weighted by molar-refractivity contribution is 9.10. The number of hydrogen-bond acceptors (Lipinski definition) is 5. The van der Waals surface area contributed by atoms with Crippen LogP contribution in [0.25, 0.3) is 6.08 Å². The Kier molecular flexibility index (Phi) is 4.89. The van der Waals surface area contributed by atoms with Gasteiger partial charge in [-0.15, -0.1) is 0 Å². The van der Waals surface area contributed by atoms with Crippen molar-refractivity contribution in [3.63, 3.8) is 0 Å². The number of likely N-dealkylation sites (N-methyl/N-ethyl adjacent to an activating group) is 1. The number of furan rings is 1. The minimum atomic E-state index is -0.108. The van der Waals surface area contributed by atoms with E-state index in [1.807, 2.05) is 6.92 Å². The smallest absolute Gasteiger partial charge is 0.266 e.